The van der Waals surface area contributed by atoms with Crippen molar-refractivity contribution in [2.45, 2.75) is 20.8 Å². The SMILES string of the molecule is COC(=O)C1=C(C)N(CC(C)C)C(=O)/C1=C\c1ccc(OC)c([N+](=O)[O-])c1. The Morgan fingerprint density at radius 2 is 2.00 bits per heavy atom. The molecule has 0 bridgehead atoms. The minimum absolute atomic E-state index is 0.112. The van der Waals surface area contributed by atoms with E-state index in [9.17, 15) is 19.7 Å². The van der Waals surface area contributed by atoms with Gasteiger partial charge >= 0.3 is 11.7 Å². The summed E-state index contributed by atoms with van der Waals surface area (Å²) in [5, 5.41) is 11.2. The highest BCUT2D eigenvalue weighted by molar-refractivity contribution is 6.16. The molecule has 8 heteroatoms. The van der Waals surface area contributed by atoms with Gasteiger partial charge in [0.25, 0.3) is 5.91 Å². The summed E-state index contributed by atoms with van der Waals surface area (Å²) in [5.74, 6) is -0.646. The molecule has 27 heavy (non-hydrogen) atoms. The summed E-state index contributed by atoms with van der Waals surface area (Å²) in [6.45, 7) is 6.06. The summed E-state index contributed by atoms with van der Waals surface area (Å²) in [7, 11) is 2.58. The predicted molar refractivity (Wildman–Crippen MR) is 98.9 cm³/mol. The molecule has 1 aromatic rings. The molecule has 0 atom stereocenters. The number of rotatable bonds is 6. The molecule has 0 saturated carbocycles. The molecule has 0 aliphatic carbocycles. The van der Waals surface area contributed by atoms with E-state index in [1.807, 2.05) is 13.8 Å². The van der Waals surface area contributed by atoms with Crippen LogP contribution in [0.2, 0.25) is 0 Å². The first kappa shape index (κ1) is 20.2. The molecule has 8 nitrogen and oxygen atoms in total. The number of esters is 1. The second-order valence-electron chi connectivity index (χ2n) is 6.51. The van der Waals surface area contributed by atoms with Gasteiger partial charge in [-0.2, -0.15) is 0 Å². The average molecular weight is 374 g/mol. The van der Waals surface area contributed by atoms with Crippen molar-refractivity contribution in [2.24, 2.45) is 5.92 Å². The highest BCUT2D eigenvalue weighted by Gasteiger charge is 2.37. The standard InChI is InChI=1S/C19H22N2O6/c1-11(2)10-20-12(3)17(19(23)27-5)14(18(20)22)8-13-6-7-16(26-4)15(9-13)21(24)25/h6-9,11H,10H2,1-5H3/b14-8-. The molecule has 0 unspecified atom stereocenters. The van der Waals surface area contributed by atoms with Gasteiger partial charge < -0.3 is 14.4 Å². The third kappa shape index (κ3) is 3.99. The monoisotopic (exact) mass is 374 g/mol. The summed E-state index contributed by atoms with van der Waals surface area (Å²) in [6, 6.07) is 4.33. The first-order valence-electron chi connectivity index (χ1n) is 8.36. The van der Waals surface area contributed by atoms with Crippen molar-refractivity contribution in [3.63, 3.8) is 0 Å². The van der Waals surface area contributed by atoms with Crippen molar-refractivity contribution in [3.8, 4) is 5.75 Å². The quantitative estimate of drug-likeness (QED) is 0.329. The Bertz CT molecular complexity index is 854. The highest BCUT2D eigenvalue weighted by atomic mass is 16.6. The summed E-state index contributed by atoms with van der Waals surface area (Å²) in [6.07, 6.45) is 1.46. The molecular weight excluding hydrogens is 352 g/mol. The van der Waals surface area contributed by atoms with Gasteiger partial charge in [0.2, 0.25) is 0 Å². The maximum absolute atomic E-state index is 12.9. The van der Waals surface area contributed by atoms with E-state index in [-0.39, 0.29) is 34.4 Å². The van der Waals surface area contributed by atoms with Crippen molar-refractivity contribution < 1.29 is 24.0 Å². The predicted octanol–water partition coefficient (Wildman–Crippen LogP) is 2.93. The summed E-state index contributed by atoms with van der Waals surface area (Å²) in [4.78, 5) is 37.3. The van der Waals surface area contributed by atoms with Crippen LogP contribution in [0.25, 0.3) is 6.08 Å². The van der Waals surface area contributed by atoms with Crippen LogP contribution in [0.1, 0.15) is 26.3 Å². The van der Waals surface area contributed by atoms with E-state index in [0.717, 1.165) is 0 Å². The number of nitrogens with zero attached hydrogens (tertiary/aromatic N) is 2. The molecule has 144 valence electrons. The lowest BCUT2D eigenvalue weighted by molar-refractivity contribution is -0.385. The Morgan fingerprint density at radius 3 is 2.52 bits per heavy atom. The van der Waals surface area contributed by atoms with Gasteiger partial charge in [0, 0.05) is 18.3 Å². The van der Waals surface area contributed by atoms with Gasteiger partial charge in [0.05, 0.1) is 30.3 Å². The Labute approximate surface area is 157 Å². The van der Waals surface area contributed by atoms with Gasteiger partial charge in [-0.05, 0) is 30.5 Å². The smallest absolute Gasteiger partial charge is 0.340 e. The lowest BCUT2D eigenvalue weighted by atomic mass is 10.0. The molecule has 1 aliphatic rings. The first-order chi connectivity index (χ1) is 12.7. The second-order valence-corrected chi connectivity index (χ2v) is 6.51. The van der Waals surface area contributed by atoms with Gasteiger partial charge in [-0.15, -0.1) is 0 Å². The van der Waals surface area contributed by atoms with Crippen molar-refractivity contribution in [1.82, 2.24) is 4.90 Å². The van der Waals surface area contributed by atoms with Crippen molar-refractivity contribution >= 4 is 23.6 Å². The minimum atomic E-state index is -0.624. The number of nitro benzene ring substituents is 1. The molecule has 0 radical (unpaired) electrons. The molecule has 0 fully saturated rings. The summed E-state index contributed by atoms with van der Waals surface area (Å²) in [5.41, 5.74) is 1.01. The maximum Gasteiger partial charge on any atom is 0.340 e. The molecule has 1 aliphatic heterocycles. The Balaban J connectivity index is 2.58. The molecule has 1 heterocycles. The van der Waals surface area contributed by atoms with Crippen LogP contribution in [-0.2, 0) is 14.3 Å². The number of hydrogen-bond donors (Lipinski definition) is 0. The zero-order valence-corrected chi connectivity index (χ0v) is 15.9. The first-order valence-corrected chi connectivity index (χ1v) is 8.36. The molecule has 1 aromatic carbocycles. The number of nitro groups is 1. The number of carbonyl (C=O) groups is 2. The average Bonchev–Trinajstić information content (AvgIpc) is 2.85. The molecule has 2 rings (SSSR count). The fraction of sp³-hybridized carbons (Fsp3) is 0.368. The van der Waals surface area contributed by atoms with Crippen LogP contribution in [0, 0.1) is 16.0 Å². The Morgan fingerprint density at radius 1 is 1.33 bits per heavy atom. The molecular formula is C19H22N2O6. The largest absolute Gasteiger partial charge is 0.490 e. The third-order valence-corrected chi connectivity index (χ3v) is 4.16. The number of benzene rings is 1. The van der Waals surface area contributed by atoms with Crippen LogP contribution in [0.5, 0.6) is 5.75 Å². The van der Waals surface area contributed by atoms with Crippen LogP contribution >= 0.6 is 0 Å². The number of methoxy groups -OCH3 is 2. The molecule has 0 aromatic heterocycles. The normalized spacial score (nSPS) is 15.7. The summed E-state index contributed by atoms with van der Waals surface area (Å²) < 4.78 is 9.81. The molecule has 0 N–H and O–H groups in total. The van der Waals surface area contributed by atoms with Crippen LogP contribution in [0.3, 0.4) is 0 Å². The number of hydrogen-bond acceptors (Lipinski definition) is 6. The number of ether oxygens (including phenoxy) is 2. The maximum atomic E-state index is 12.9. The Kier molecular flexibility index (Phi) is 5.99. The number of amides is 1. The van der Waals surface area contributed by atoms with Gasteiger partial charge in [-0.25, -0.2) is 4.79 Å². The van der Waals surface area contributed by atoms with Gasteiger partial charge in [-0.3, -0.25) is 14.9 Å². The van der Waals surface area contributed by atoms with Crippen molar-refractivity contribution in [2.75, 3.05) is 20.8 Å². The highest BCUT2D eigenvalue weighted by Crippen LogP contribution is 2.34. The van der Waals surface area contributed by atoms with E-state index >= 15 is 0 Å². The third-order valence-electron chi connectivity index (χ3n) is 4.16. The van der Waals surface area contributed by atoms with E-state index in [2.05, 4.69) is 0 Å². The topological polar surface area (TPSA) is 99.0 Å². The van der Waals surface area contributed by atoms with E-state index < -0.39 is 10.9 Å². The van der Waals surface area contributed by atoms with Gasteiger partial charge in [0.1, 0.15) is 0 Å². The van der Waals surface area contributed by atoms with E-state index in [4.69, 9.17) is 9.47 Å². The van der Waals surface area contributed by atoms with Crippen LogP contribution in [0.15, 0.2) is 35.0 Å². The second kappa shape index (κ2) is 8.03. The van der Waals surface area contributed by atoms with E-state index in [1.165, 1.54) is 37.3 Å². The lowest BCUT2D eigenvalue weighted by Crippen LogP contribution is -2.28. The fourth-order valence-corrected chi connectivity index (χ4v) is 2.92. The summed E-state index contributed by atoms with van der Waals surface area (Å²) >= 11 is 0. The molecule has 1 amide bonds. The van der Waals surface area contributed by atoms with E-state index in [1.54, 1.807) is 13.0 Å². The van der Waals surface area contributed by atoms with Crippen LogP contribution < -0.4 is 4.74 Å². The Hall–Kier alpha value is -3.16. The zero-order chi connectivity index (χ0) is 20.3. The van der Waals surface area contributed by atoms with Crippen molar-refractivity contribution in [1.29, 1.82) is 0 Å². The molecule has 0 saturated heterocycles. The van der Waals surface area contributed by atoms with E-state index in [0.29, 0.717) is 17.8 Å². The van der Waals surface area contributed by atoms with Gasteiger partial charge in [-0.1, -0.05) is 19.9 Å². The molecule has 0 spiro atoms. The van der Waals surface area contributed by atoms with Crippen molar-refractivity contribution in [3.05, 3.63) is 50.7 Å². The zero-order valence-electron chi connectivity index (χ0n) is 15.9. The van der Waals surface area contributed by atoms with Crippen LogP contribution in [-0.4, -0.2) is 42.5 Å². The van der Waals surface area contributed by atoms with Crippen LogP contribution in [0.4, 0.5) is 5.69 Å². The number of carbonyl (C=O) groups excluding carboxylic acids is 2. The minimum Gasteiger partial charge on any atom is -0.490 e. The number of allylic oxidation sites excluding steroid dienone is 1. The fourth-order valence-electron chi connectivity index (χ4n) is 2.92. The lowest BCUT2D eigenvalue weighted by Gasteiger charge is -2.19. The van der Waals surface area contributed by atoms with Gasteiger partial charge in [0.15, 0.2) is 5.75 Å².